The van der Waals surface area contributed by atoms with E-state index in [0.717, 1.165) is 38.5 Å². The molecule has 0 bridgehead atoms. The molecule has 0 aliphatic heterocycles. The summed E-state index contributed by atoms with van der Waals surface area (Å²) < 4.78 is 16.7. The number of ether oxygens (including phenoxy) is 3. The lowest BCUT2D eigenvalue weighted by Crippen LogP contribution is -2.28. The van der Waals surface area contributed by atoms with Gasteiger partial charge in [0.15, 0.2) is 6.29 Å². The Labute approximate surface area is 143 Å². The summed E-state index contributed by atoms with van der Waals surface area (Å²) in [4.78, 5) is 11.9. The van der Waals surface area contributed by atoms with Gasteiger partial charge in [-0.15, -0.1) is 0 Å². The minimum Gasteiger partial charge on any atom is -0.462 e. The Morgan fingerprint density at radius 3 is 1.83 bits per heavy atom. The molecule has 0 fully saturated rings. The van der Waals surface area contributed by atoms with Gasteiger partial charge in [0.05, 0.1) is 5.41 Å². The van der Waals surface area contributed by atoms with Crippen molar-refractivity contribution in [1.29, 1.82) is 0 Å². The summed E-state index contributed by atoms with van der Waals surface area (Å²) in [5.41, 5.74) is -0.416. The van der Waals surface area contributed by atoms with Crippen LogP contribution in [0.25, 0.3) is 0 Å². The van der Waals surface area contributed by atoms with Gasteiger partial charge >= 0.3 is 5.97 Å². The first-order chi connectivity index (χ1) is 10.8. The second-order valence-electron chi connectivity index (χ2n) is 7.02. The average Bonchev–Trinajstić information content (AvgIpc) is 2.48. The normalized spacial score (nSPS) is 13.3. The van der Waals surface area contributed by atoms with E-state index >= 15 is 0 Å². The molecule has 0 radical (unpaired) electrons. The van der Waals surface area contributed by atoms with Crippen LogP contribution in [0.2, 0.25) is 0 Å². The summed E-state index contributed by atoms with van der Waals surface area (Å²) in [7, 11) is 0. The third-order valence-electron chi connectivity index (χ3n) is 3.76. The maximum Gasteiger partial charge on any atom is 0.311 e. The molecule has 0 aliphatic rings. The van der Waals surface area contributed by atoms with Crippen molar-refractivity contribution in [3.05, 3.63) is 0 Å². The van der Waals surface area contributed by atoms with Gasteiger partial charge in [-0.25, -0.2) is 0 Å². The summed E-state index contributed by atoms with van der Waals surface area (Å²) in [5, 5.41) is 0. The third-order valence-corrected chi connectivity index (χ3v) is 3.76. The van der Waals surface area contributed by atoms with Gasteiger partial charge in [-0.2, -0.15) is 0 Å². The molecule has 0 aliphatic carbocycles. The van der Waals surface area contributed by atoms with Crippen LogP contribution in [-0.2, 0) is 19.0 Å². The smallest absolute Gasteiger partial charge is 0.311 e. The molecule has 0 heterocycles. The first-order valence-electron chi connectivity index (χ1n) is 9.29. The SMILES string of the molecule is CCOC(CCCCCCC(CC)OC(=O)C(C)(C)C)OCC. The molecule has 0 aromatic rings. The molecule has 0 aromatic heterocycles. The molecule has 138 valence electrons. The molecule has 4 heteroatoms. The highest BCUT2D eigenvalue weighted by Crippen LogP contribution is 2.20. The summed E-state index contributed by atoms with van der Waals surface area (Å²) >= 11 is 0. The predicted molar refractivity (Wildman–Crippen MR) is 94.4 cm³/mol. The minimum atomic E-state index is -0.416. The number of carbonyl (C=O) groups excluding carboxylic acids is 1. The summed E-state index contributed by atoms with van der Waals surface area (Å²) in [6.45, 7) is 13.2. The molecule has 0 saturated heterocycles. The summed E-state index contributed by atoms with van der Waals surface area (Å²) in [6, 6.07) is 0. The van der Waals surface area contributed by atoms with Crippen molar-refractivity contribution in [2.75, 3.05) is 13.2 Å². The molecule has 4 nitrogen and oxygen atoms in total. The lowest BCUT2D eigenvalue weighted by molar-refractivity contribution is -0.159. The van der Waals surface area contributed by atoms with Crippen LogP contribution in [0.3, 0.4) is 0 Å². The van der Waals surface area contributed by atoms with E-state index in [0.29, 0.717) is 13.2 Å². The van der Waals surface area contributed by atoms with Gasteiger partial charge in [0.1, 0.15) is 6.10 Å². The molecule has 0 saturated carbocycles. The van der Waals surface area contributed by atoms with Crippen molar-refractivity contribution < 1.29 is 19.0 Å². The fraction of sp³-hybridized carbons (Fsp3) is 0.947. The van der Waals surface area contributed by atoms with Crippen LogP contribution in [0.5, 0.6) is 0 Å². The molecule has 1 unspecified atom stereocenters. The van der Waals surface area contributed by atoms with Gasteiger partial charge in [0.2, 0.25) is 0 Å². The lowest BCUT2D eigenvalue weighted by Gasteiger charge is -2.22. The number of esters is 1. The standard InChI is InChI=1S/C19H38O4/c1-7-16(23-18(20)19(4,5)6)14-12-10-11-13-15-17(21-8-2)22-9-3/h16-17H,7-15H2,1-6H3. The van der Waals surface area contributed by atoms with E-state index in [1.54, 1.807) is 0 Å². The highest BCUT2D eigenvalue weighted by atomic mass is 16.7. The topological polar surface area (TPSA) is 44.8 Å². The predicted octanol–water partition coefficient (Wildman–Crippen LogP) is 5.09. The highest BCUT2D eigenvalue weighted by Gasteiger charge is 2.25. The van der Waals surface area contributed by atoms with Crippen molar-refractivity contribution in [1.82, 2.24) is 0 Å². The quantitative estimate of drug-likeness (QED) is 0.268. The minimum absolute atomic E-state index is 0.0545. The first kappa shape index (κ1) is 22.4. The van der Waals surface area contributed by atoms with E-state index in [-0.39, 0.29) is 18.4 Å². The van der Waals surface area contributed by atoms with Crippen LogP contribution >= 0.6 is 0 Å². The van der Waals surface area contributed by atoms with Crippen LogP contribution in [0.1, 0.15) is 86.5 Å². The van der Waals surface area contributed by atoms with Crippen LogP contribution in [0, 0.1) is 5.41 Å². The Hall–Kier alpha value is -0.610. The van der Waals surface area contributed by atoms with Crippen LogP contribution in [0.15, 0.2) is 0 Å². The maximum atomic E-state index is 11.9. The van der Waals surface area contributed by atoms with E-state index < -0.39 is 5.41 Å². The van der Waals surface area contributed by atoms with E-state index in [9.17, 15) is 4.79 Å². The number of hydrogen-bond donors (Lipinski definition) is 0. The van der Waals surface area contributed by atoms with Gasteiger partial charge in [-0.1, -0.05) is 19.8 Å². The fourth-order valence-corrected chi connectivity index (χ4v) is 2.30. The fourth-order valence-electron chi connectivity index (χ4n) is 2.30. The molecule has 23 heavy (non-hydrogen) atoms. The number of rotatable bonds is 13. The molecule has 0 spiro atoms. The zero-order valence-corrected chi connectivity index (χ0v) is 16.2. The van der Waals surface area contributed by atoms with Crippen molar-refractivity contribution in [2.24, 2.45) is 5.41 Å². The molecular formula is C19H38O4. The molecule has 0 rings (SSSR count). The molecular weight excluding hydrogens is 292 g/mol. The Kier molecular flexibility index (Phi) is 12.4. The Balaban J connectivity index is 3.81. The van der Waals surface area contributed by atoms with E-state index in [1.165, 1.54) is 6.42 Å². The van der Waals surface area contributed by atoms with Gasteiger partial charge in [-0.05, 0) is 66.7 Å². The number of unbranched alkanes of at least 4 members (excludes halogenated alkanes) is 3. The molecule has 1 atom stereocenters. The van der Waals surface area contributed by atoms with Crippen LogP contribution in [0.4, 0.5) is 0 Å². The first-order valence-corrected chi connectivity index (χ1v) is 9.29. The Morgan fingerprint density at radius 2 is 1.39 bits per heavy atom. The second kappa shape index (κ2) is 12.8. The number of carbonyl (C=O) groups is 1. The largest absolute Gasteiger partial charge is 0.462 e. The van der Waals surface area contributed by atoms with Crippen molar-refractivity contribution in [2.45, 2.75) is 98.9 Å². The Bertz CT molecular complexity index is 290. The molecule has 0 aromatic carbocycles. The van der Waals surface area contributed by atoms with Gasteiger partial charge < -0.3 is 14.2 Å². The average molecular weight is 331 g/mol. The van der Waals surface area contributed by atoms with Crippen molar-refractivity contribution in [3.63, 3.8) is 0 Å². The summed E-state index contributed by atoms with van der Waals surface area (Å²) in [6.07, 6.45) is 7.35. The van der Waals surface area contributed by atoms with Gasteiger partial charge in [0.25, 0.3) is 0 Å². The van der Waals surface area contributed by atoms with Gasteiger partial charge in [0, 0.05) is 13.2 Å². The monoisotopic (exact) mass is 330 g/mol. The summed E-state index contributed by atoms with van der Waals surface area (Å²) in [5.74, 6) is -0.0966. The number of hydrogen-bond acceptors (Lipinski definition) is 4. The lowest BCUT2D eigenvalue weighted by atomic mass is 9.97. The van der Waals surface area contributed by atoms with Crippen LogP contribution < -0.4 is 0 Å². The maximum absolute atomic E-state index is 11.9. The zero-order chi connectivity index (χ0) is 17.7. The molecule has 0 amide bonds. The van der Waals surface area contributed by atoms with Crippen molar-refractivity contribution >= 4 is 5.97 Å². The highest BCUT2D eigenvalue weighted by molar-refractivity contribution is 5.75. The van der Waals surface area contributed by atoms with E-state index in [1.807, 2.05) is 34.6 Å². The van der Waals surface area contributed by atoms with E-state index in [2.05, 4.69) is 6.92 Å². The van der Waals surface area contributed by atoms with Crippen LogP contribution in [-0.4, -0.2) is 31.6 Å². The van der Waals surface area contributed by atoms with Crippen molar-refractivity contribution in [3.8, 4) is 0 Å². The second-order valence-corrected chi connectivity index (χ2v) is 7.02. The third kappa shape index (κ3) is 11.5. The zero-order valence-electron chi connectivity index (χ0n) is 16.2. The van der Waals surface area contributed by atoms with E-state index in [4.69, 9.17) is 14.2 Å². The van der Waals surface area contributed by atoms with Gasteiger partial charge in [-0.3, -0.25) is 4.79 Å². The Morgan fingerprint density at radius 1 is 0.870 bits per heavy atom. The molecule has 0 N–H and O–H groups in total.